The Hall–Kier alpha value is -3.34. The topological polar surface area (TPSA) is 63.3 Å². The molecule has 4 nitrogen and oxygen atoms in total. The molecule has 0 saturated carbocycles. The average molecular weight is 518 g/mol. The largest absolute Gasteiger partial charge is 0.683 e. The van der Waals surface area contributed by atoms with Crippen molar-refractivity contribution in [2.45, 2.75) is 0 Å². The first-order valence-electron chi connectivity index (χ1n) is 10.9. The van der Waals surface area contributed by atoms with Crippen LogP contribution in [0.1, 0.15) is 0 Å². The number of benzene rings is 5. The molecule has 0 saturated heterocycles. The van der Waals surface area contributed by atoms with Crippen LogP contribution in [0.5, 0.6) is 5.75 Å². The van der Waals surface area contributed by atoms with Crippen LogP contribution in [0.25, 0.3) is 59.8 Å². The van der Waals surface area contributed by atoms with Crippen molar-refractivity contribution >= 4 is 60.2 Å². The van der Waals surface area contributed by atoms with Crippen LogP contribution in [0, 0.1) is 0 Å². The predicted octanol–water partition coefficient (Wildman–Crippen LogP) is 8.40. The summed E-state index contributed by atoms with van der Waals surface area (Å²) < 4.78 is 5.68. The van der Waals surface area contributed by atoms with Gasteiger partial charge < -0.3 is 19.8 Å². The van der Waals surface area contributed by atoms with E-state index in [1.165, 1.54) is 32.6 Å². The molecule has 0 fully saturated rings. The van der Waals surface area contributed by atoms with E-state index in [0.29, 0.717) is 5.69 Å². The summed E-state index contributed by atoms with van der Waals surface area (Å²) in [5.41, 5.74) is 4.57. The van der Waals surface area contributed by atoms with Gasteiger partial charge >= 0.3 is 0 Å². The number of fused-ring (bicyclic) bond motifs is 8. The Morgan fingerprint density at radius 2 is 1.35 bits per heavy atom. The van der Waals surface area contributed by atoms with Gasteiger partial charge in [-0.05, 0) is 41.1 Å². The van der Waals surface area contributed by atoms with Crippen LogP contribution >= 0.6 is 0 Å². The zero-order chi connectivity index (χ0) is 22.4. The fraction of sp³-hybridized carbons (Fsp3) is 0.0345. The van der Waals surface area contributed by atoms with Gasteiger partial charge in [0.05, 0.1) is 0 Å². The molecule has 2 N–H and O–H groups in total. The van der Waals surface area contributed by atoms with Crippen LogP contribution in [0.4, 0.5) is 5.69 Å². The molecule has 7 rings (SSSR count). The summed E-state index contributed by atoms with van der Waals surface area (Å²) in [4.78, 5) is 3.47. The normalized spacial score (nSPS) is 11.0. The minimum absolute atomic E-state index is 0. The van der Waals surface area contributed by atoms with Gasteiger partial charge in [-0.15, -0.1) is 7.05 Å². The summed E-state index contributed by atoms with van der Waals surface area (Å²) >= 11 is 0. The smallest absolute Gasteiger partial charge is 0.135 e. The second-order valence-corrected chi connectivity index (χ2v) is 8.01. The number of hydrogen-bond acceptors (Lipinski definition) is 2. The minimum Gasteiger partial charge on any atom is -0.683 e. The van der Waals surface area contributed by atoms with Crippen LogP contribution in [0.15, 0.2) is 101 Å². The van der Waals surface area contributed by atoms with Crippen LogP contribution in [0.3, 0.4) is 0 Å². The average Bonchev–Trinajstić information content (AvgIpc) is 3.43. The molecule has 0 spiro atoms. The number of aromatic nitrogens is 1. The summed E-state index contributed by atoms with van der Waals surface area (Å²) in [7, 11) is 1.66. The van der Waals surface area contributed by atoms with Crippen molar-refractivity contribution in [2.75, 3.05) is 7.05 Å². The van der Waals surface area contributed by atoms with E-state index in [1.807, 2.05) is 24.3 Å². The van der Waals surface area contributed by atoms with Crippen molar-refractivity contribution in [2.24, 2.45) is 0 Å². The van der Waals surface area contributed by atoms with E-state index in [0.717, 1.165) is 21.9 Å². The molecule has 34 heavy (non-hydrogen) atoms. The van der Waals surface area contributed by atoms with E-state index in [2.05, 4.69) is 71.0 Å². The Morgan fingerprint density at radius 1 is 0.647 bits per heavy atom. The second kappa shape index (κ2) is 9.13. The number of para-hydroxylation sites is 2. The molecule has 0 aliphatic carbocycles. The van der Waals surface area contributed by atoms with Gasteiger partial charge in [0.25, 0.3) is 0 Å². The molecule has 5 heteroatoms. The molecule has 2 heterocycles. The zero-order valence-electron chi connectivity index (χ0n) is 18.6. The predicted molar refractivity (Wildman–Crippen MR) is 138 cm³/mol. The molecule has 0 bridgehead atoms. The minimum atomic E-state index is 0. The first kappa shape index (κ1) is 22.5. The number of phenols is 1. The van der Waals surface area contributed by atoms with Crippen LogP contribution in [-0.4, -0.2) is 17.1 Å². The molecule has 0 aliphatic rings. The van der Waals surface area contributed by atoms with Gasteiger partial charge in [-0.3, -0.25) is 0 Å². The maximum atomic E-state index is 9.75. The number of nitrogens with one attached hydrogen (secondary N) is 1. The molecule has 5 aromatic carbocycles. The number of aromatic amines is 1. The van der Waals surface area contributed by atoms with Crippen molar-refractivity contribution < 1.29 is 42.2 Å². The fourth-order valence-corrected chi connectivity index (χ4v) is 4.64. The summed E-state index contributed by atoms with van der Waals surface area (Å²) in [6.45, 7) is 0. The van der Waals surface area contributed by atoms with Gasteiger partial charge in [-0.25, -0.2) is 0 Å². The molecule has 0 unspecified atom stereocenters. The third-order valence-electron chi connectivity index (χ3n) is 6.11. The monoisotopic (exact) mass is 518 g/mol. The van der Waals surface area contributed by atoms with Gasteiger partial charge in [0.15, 0.2) is 0 Å². The van der Waals surface area contributed by atoms with Crippen molar-refractivity contribution in [3.05, 3.63) is 102 Å². The summed E-state index contributed by atoms with van der Waals surface area (Å²) in [6.07, 6.45) is 0. The maximum absolute atomic E-state index is 9.75. The van der Waals surface area contributed by atoms with Gasteiger partial charge in [-0.2, -0.15) is 0 Å². The molecule has 0 aliphatic heterocycles. The Morgan fingerprint density at radius 3 is 2.18 bits per heavy atom. The number of nitrogens with zero attached hydrogens (tertiary/aromatic N) is 1. The van der Waals surface area contributed by atoms with Gasteiger partial charge in [0.1, 0.15) is 16.9 Å². The molecule has 1 radical (unpaired) electrons. The number of hydrogen-bond donors (Lipinski definition) is 2. The Balaban J connectivity index is 0.000000138. The van der Waals surface area contributed by atoms with E-state index in [9.17, 15) is 5.11 Å². The van der Waals surface area contributed by atoms with Gasteiger partial charge in [0, 0.05) is 65.3 Å². The molecule has 2 aromatic heterocycles. The van der Waals surface area contributed by atoms with E-state index < -0.39 is 0 Å². The van der Waals surface area contributed by atoms with E-state index >= 15 is 0 Å². The zero-order valence-corrected chi connectivity index (χ0v) is 21.5. The van der Waals surface area contributed by atoms with Crippen LogP contribution in [0.2, 0.25) is 0 Å². The fourth-order valence-electron chi connectivity index (χ4n) is 4.64. The van der Waals surface area contributed by atoms with E-state index in [-0.39, 0.29) is 38.5 Å². The van der Waals surface area contributed by atoms with Crippen LogP contribution < -0.4 is 0 Å². The first-order valence-corrected chi connectivity index (χ1v) is 10.9. The summed E-state index contributed by atoms with van der Waals surface area (Å²) in [5.74, 6) is 0.182. The quantitative estimate of drug-likeness (QED) is 0.229. The Kier molecular flexibility index (Phi) is 6.03. The van der Waals surface area contributed by atoms with Gasteiger partial charge in [0.2, 0.25) is 0 Å². The summed E-state index contributed by atoms with van der Waals surface area (Å²) in [6, 6.07) is 32.5. The molecule has 0 amide bonds. The molecular formula is C29H21N2O2Y-. The third-order valence-corrected chi connectivity index (χ3v) is 6.11. The second-order valence-electron chi connectivity index (χ2n) is 8.01. The van der Waals surface area contributed by atoms with E-state index in [1.54, 1.807) is 19.2 Å². The SMILES string of the molecule is C[N-]c1c(O)ccc2oc3ccccc3c12.[Y].c1ccc2c(c1)ccc1[nH]c3ccccc3c12. The molecule has 163 valence electrons. The van der Waals surface area contributed by atoms with Crippen LogP contribution in [-0.2, 0) is 32.7 Å². The Bertz CT molecular complexity index is 1780. The van der Waals surface area contributed by atoms with Gasteiger partial charge in [-0.1, -0.05) is 72.4 Å². The standard InChI is InChI=1S/C16H11N.C13H10NO2.Y/c1-2-6-12-11(5-1)9-10-15-16(12)13-7-3-4-8-14(13)17-15;1-14-13-9(15)6-7-11-12(13)8-4-2-3-5-10(8)16-11;/h1-10,17H;2-7,15H,1H3;/q;-1;. The maximum Gasteiger partial charge on any atom is 0.135 e. The van der Waals surface area contributed by atoms with E-state index in [4.69, 9.17) is 4.42 Å². The number of H-pyrrole nitrogens is 1. The third kappa shape index (κ3) is 3.64. The number of phenolic OH excluding ortho intramolecular Hbond substituents is 1. The van der Waals surface area contributed by atoms with Crippen molar-refractivity contribution in [1.82, 2.24) is 4.98 Å². The number of rotatable bonds is 1. The summed E-state index contributed by atoms with van der Waals surface area (Å²) in [5, 5.41) is 21.0. The molecule has 0 atom stereocenters. The molecular weight excluding hydrogens is 497 g/mol. The van der Waals surface area contributed by atoms with Crippen molar-refractivity contribution in [3.63, 3.8) is 0 Å². The molecule has 7 aromatic rings. The Labute approximate surface area is 221 Å². The number of aromatic hydroxyl groups is 1. The van der Waals surface area contributed by atoms with Crippen molar-refractivity contribution in [3.8, 4) is 5.75 Å². The first-order chi connectivity index (χ1) is 16.2. The number of furan rings is 1. The van der Waals surface area contributed by atoms with Crippen molar-refractivity contribution in [1.29, 1.82) is 0 Å².